The van der Waals surface area contributed by atoms with E-state index in [1.165, 1.54) is 231 Å². The van der Waals surface area contributed by atoms with Crippen LogP contribution in [-0.4, -0.2) is 47.2 Å². The number of hydrogen-bond acceptors (Lipinski definition) is 12. The fraction of sp³-hybridized carbons (Fsp3) is 0.614. The van der Waals surface area contributed by atoms with Crippen LogP contribution in [-0.2, 0) is 25.5 Å². The van der Waals surface area contributed by atoms with Crippen molar-refractivity contribution >= 4 is 46.5 Å². The highest BCUT2D eigenvalue weighted by atomic mass is 16.5. The van der Waals surface area contributed by atoms with Gasteiger partial charge in [-0.1, -0.05) is 312 Å². The largest absolute Gasteiger partial charge is 0.510 e. The van der Waals surface area contributed by atoms with Crippen molar-refractivity contribution < 1.29 is 38.9 Å². The van der Waals surface area contributed by atoms with Crippen molar-refractivity contribution in [1.29, 1.82) is 0 Å². The average Bonchev–Trinajstić information content (AvgIpc) is 0.937. The van der Waals surface area contributed by atoms with Crippen LogP contribution in [0.4, 0.5) is 22.7 Å². The Labute approximate surface area is 585 Å². The van der Waals surface area contributed by atoms with Gasteiger partial charge < -0.3 is 30.3 Å². The standard InChI is InChI=1S/C83H126N6O8/c1-7-10-13-16-19-20-21-24-29-36-47-69-58-62-73(63-59-69)85-81(93)79(68(6)91)89-87-77-55-44-42-53-75(77)83(95)97-65-46-35-28-26-33-40-51-71(49-38-31-23-18-15-12-9-3)70(48-37-30-22-17-14-11-8-2)50-39-32-25-27-34-45-64-96-82(94)74-52-41-43-54-76(74)86-88-78(67(5)90)80(92)84-72-60-56-66(4)57-61-72/h41-44,52-63,70-71,90-91H,7-40,45-51,64-65H2,1-6H3,(H,84,92)(H,85,93)/b78-67+,79-68+,88-86?,89-87?. The van der Waals surface area contributed by atoms with Gasteiger partial charge in [-0.2, -0.15) is 0 Å². The van der Waals surface area contributed by atoms with E-state index in [1.807, 2.05) is 43.3 Å². The molecular weight excluding hydrogens is 1210 g/mol. The number of aliphatic hydroxyl groups excluding tert-OH is 2. The highest BCUT2D eigenvalue weighted by Gasteiger charge is 2.22. The van der Waals surface area contributed by atoms with Crippen LogP contribution in [0.1, 0.15) is 323 Å². The number of esters is 2. The molecular formula is C83H126N6O8. The second kappa shape index (κ2) is 53.1. The van der Waals surface area contributed by atoms with E-state index in [4.69, 9.17) is 9.47 Å². The van der Waals surface area contributed by atoms with Crippen LogP contribution in [0.3, 0.4) is 0 Å². The number of unbranched alkanes of at least 4 members (excludes halogenated alkanes) is 31. The highest BCUT2D eigenvalue weighted by molar-refractivity contribution is 6.04. The fourth-order valence-electron chi connectivity index (χ4n) is 12.7. The lowest BCUT2D eigenvalue weighted by molar-refractivity contribution is -0.113. The molecule has 0 aliphatic rings. The predicted molar refractivity (Wildman–Crippen MR) is 400 cm³/mol. The Bertz CT molecular complexity index is 2910. The summed E-state index contributed by atoms with van der Waals surface area (Å²) in [5.41, 5.74) is 3.92. The summed E-state index contributed by atoms with van der Waals surface area (Å²) in [7, 11) is 0. The molecule has 0 aliphatic heterocycles. The van der Waals surface area contributed by atoms with Crippen molar-refractivity contribution in [2.45, 2.75) is 305 Å². The first-order valence-corrected chi connectivity index (χ1v) is 38.3. The zero-order valence-corrected chi connectivity index (χ0v) is 60.9. The zero-order chi connectivity index (χ0) is 69.8. The molecule has 14 heteroatoms. The summed E-state index contributed by atoms with van der Waals surface area (Å²) < 4.78 is 11.5. The third-order valence-electron chi connectivity index (χ3n) is 18.6. The molecule has 14 nitrogen and oxygen atoms in total. The van der Waals surface area contributed by atoms with Gasteiger partial charge in [0.25, 0.3) is 11.8 Å². The first-order valence-electron chi connectivity index (χ1n) is 38.3. The predicted octanol–water partition coefficient (Wildman–Crippen LogP) is 25.5. The number of ether oxygens (including phenoxy) is 2. The number of allylic oxidation sites excluding steroid dienone is 2. The van der Waals surface area contributed by atoms with E-state index in [9.17, 15) is 29.4 Å². The smallest absolute Gasteiger partial charge is 0.340 e. The number of carbonyl (C=O) groups excluding carboxylic acids is 4. The lowest BCUT2D eigenvalue weighted by Crippen LogP contribution is -2.16. The van der Waals surface area contributed by atoms with Crippen LogP contribution in [0.2, 0.25) is 0 Å². The summed E-state index contributed by atoms with van der Waals surface area (Å²) >= 11 is 0. The van der Waals surface area contributed by atoms with Crippen LogP contribution in [0.5, 0.6) is 0 Å². The van der Waals surface area contributed by atoms with Crippen LogP contribution in [0.25, 0.3) is 0 Å². The molecule has 536 valence electrons. The summed E-state index contributed by atoms with van der Waals surface area (Å²) in [6.07, 6.45) is 50.9. The number of carbonyl (C=O) groups is 4. The summed E-state index contributed by atoms with van der Waals surface area (Å²) in [5.74, 6) is -1.26. The SMILES string of the molecule is CCCCCCCCCCCCc1ccc(NC(=O)/C(N=Nc2ccccc2C(=O)OCCCCCCCCC(CCCCCCCCC)C(CCCCCCCCC)CCCCCCCCOC(=O)c2ccccc2N=N/C(C(=O)Nc2ccc(C)cc2)=C(\C)O)=C(/C)O)cc1. The van der Waals surface area contributed by atoms with Gasteiger partial charge in [-0.25, -0.2) is 9.59 Å². The molecule has 97 heavy (non-hydrogen) atoms. The molecule has 2 atom stereocenters. The molecule has 0 bridgehead atoms. The van der Waals surface area contributed by atoms with Gasteiger partial charge in [0.2, 0.25) is 0 Å². The van der Waals surface area contributed by atoms with Gasteiger partial charge in [-0.05, 0) is 112 Å². The van der Waals surface area contributed by atoms with Crippen LogP contribution in [0, 0.1) is 18.8 Å². The molecule has 4 aromatic rings. The lowest BCUT2D eigenvalue weighted by Gasteiger charge is -2.28. The number of nitrogens with one attached hydrogen (secondary N) is 2. The summed E-state index contributed by atoms with van der Waals surface area (Å²) in [6.45, 7) is 12.2. The van der Waals surface area contributed by atoms with E-state index < -0.39 is 23.8 Å². The van der Waals surface area contributed by atoms with E-state index in [1.54, 1.807) is 60.7 Å². The molecule has 4 N–H and O–H groups in total. The molecule has 0 heterocycles. The molecule has 2 amide bonds. The molecule has 0 aliphatic carbocycles. The Morgan fingerprint density at radius 1 is 0.381 bits per heavy atom. The molecule has 0 fully saturated rings. The van der Waals surface area contributed by atoms with Crippen LogP contribution < -0.4 is 10.6 Å². The Kier molecular flexibility index (Phi) is 45.1. The summed E-state index contributed by atoms with van der Waals surface area (Å²) in [6, 6.07) is 28.6. The Morgan fingerprint density at radius 2 is 0.680 bits per heavy atom. The molecule has 0 radical (unpaired) electrons. The second-order valence-corrected chi connectivity index (χ2v) is 27.1. The average molecular weight is 1340 g/mol. The normalized spacial score (nSPS) is 12.8. The minimum absolute atomic E-state index is 0.239. The Hall–Kier alpha value is -6.96. The number of rotatable bonds is 56. The van der Waals surface area contributed by atoms with E-state index in [-0.39, 0.29) is 45.4 Å². The minimum atomic E-state index is -0.616. The van der Waals surface area contributed by atoms with Crippen LogP contribution in [0.15, 0.2) is 140 Å². The number of nitrogens with zero attached hydrogens (tertiary/aromatic N) is 4. The van der Waals surface area contributed by atoms with Gasteiger partial charge in [-0.15, -0.1) is 20.5 Å². The van der Waals surface area contributed by atoms with Gasteiger partial charge in [0.05, 0.1) is 24.3 Å². The quantitative estimate of drug-likeness (QED) is 0.0110. The van der Waals surface area contributed by atoms with Crippen molar-refractivity contribution in [3.63, 3.8) is 0 Å². The van der Waals surface area contributed by atoms with Gasteiger partial charge in [0, 0.05) is 11.4 Å². The van der Waals surface area contributed by atoms with Crippen molar-refractivity contribution in [2.24, 2.45) is 32.3 Å². The monoisotopic (exact) mass is 1330 g/mol. The number of amides is 2. The molecule has 0 spiro atoms. The molecule has 4 rings (SSSR count). The van der Waals surface area contributed by atoms with Gasteiger partial charge in [0.1, 0.15) is 22.9 Å². The molecule has 0 saturated carbocycles. The third-order valence-corrected chi connectivity index (χ3v) is 18.6. The maximum absolute atomic E-state index is 13.4. The maximum Gasteiger partial charge on any atom is 0.340 e. The number of anilines is 2. The number of aliphatic hydroxyl groups is 2. The van der Waals surface area contributed by atoms with Crippen molar-refractivity contribution in [3.8, 4) is 0 Å². The summed E-state index contributed by atoms with van der Waals surface area (Å²) in [5, 5.41) is 43.0. The van der Waals surface area contributed by atoms with Gasteiger partial charge in [0.15, 0.2) is 11.4 Å². The summed E-state index contributed by atoms with van der Waals surface area (Å²) in [4.78, 5) is 53.0. The van der Waals surface area contributed by atoms with E-state index in [0.29, 0.717) is 24.6 Å². The van der Waals surface area contributed by atoms with E-state index in [2.05, 4.69) is 51.9 Å². The highest BCUT2D eigenvalue weighted by Crippen LogP contribution is 2.35. The molecule has 0 aromatic heterocycles. The number of hydrogen-bond donors (Lipinski definition) is 4. The molecule has 0 saturated heterocycles. The fourth-order valence-corrected chi connectivity index (χ4v) is 12.7. The third kappa shape index (κ3) is 37.0. The second-order valence-electron chi connectivity index (χ2n) is 27.1. The van der Waals surface area contributed by atoms with Gasteiger partial charge >= 0.3 is 11.9 Å². The zero-order valence-electron chi connectivity index (χ0n) is 60.9. The molecule has 4 aromatic carbocycles. The molecule has 2 unspecified atom stereocenters. The van der Waals surface area contributed by atoms with Gasteiger partial charge in [-0.3, -0.25) is 9.59 Å². The van der Waals surface area contributed by atoms with E-state index in [0.717, 1.165) is 68.8 Å². The Balaban J connectivity index is 1.20. The van der Waals surface area contributed by atoms with E-state index >= 15 is 0 Å². The van der Waals surface area contributed by atoms with Crippen molar-refractivity contribution in [3.05, 3.63) is 142 Å². The minimum Gasteiger partial charge on any atom is -0.510 e. The maximum atomic E-state index is 13.4. The first kappa shape index (κ1) is 82.5. The number of azo groups is 2. The first-order chi connectivity index (χ1) is 47.3. The lowest BCUT2D eigenvalue weighted by atomic mass is 9.78. The van der Waals surface area contributed by atoms with Crippen LogP contribution >= 0.6 is 0 Å². The Morgan fingerprint density at radius 3 is 1.02 bits per heavy atom. The number of aryl methyl sites for hydroxylation is 2. The van der Waals surface area contributed by atoms with Crippen molar-refractivity contribution in [1.82, 2.24) is 0 Å². The number of benzene rings is 4. The van der Waals surface area contributed by atoms with Crippen molar-refractivity contribution in [2.75, 3.05) is 23.8 Å². The topological polar surface area (TPSA) is 201 Å².